The van der Waals surface area contributed by atoms with Crippen molar-refractivity contribution in [2.45, 2.75) is 31.7 Å². The van der Waals surface area contributed by atoms with Gasteiger partial charge in [-0.3, -0.25) is 9.69 Å². The van der Waals surface area contributed by atoms with Gasteiger partial charge in [0.2, 0.25) is 0 Å². The number of hydrogen-bond acceptors (Lipinski definition) is 3. The molecule has 1 heterocycles. The Morgan fingerprint density at radius 3 is 2.86 bits per heavy atom. The van der Waals surface area contributed by atoms with Crippen molar-refractivity contribution in [3.05, 3.63) is 36.0 Å². The summed E-state index contributed by atoms with van der Waals surface area (Å²) in [6, 6.07) is 8.42. The lowest BCUT2D eigenvalue weighted by atomic mass is 9.91. The van der Waals surface area contributed by atoms with E-state index in [0.717, 1.165) is 29.4 Å². The highest BCUT2D eigenvalue weighted by Gasteiger charge is 2.26. The Kier molecular flexibility index (Phi) is 4.36. The van der Waals surface area contributed by atoms with Crippen molar-refractivity contribution in [1.82, 2.24) is 9.88 Å². The Labute approximate surface area is 124 Å². The van der Waals surface area contributed by atoms with Gasteiger partial charge in [0.15, 0.2) is 5.78 Å². The fraction of sp³-hybridized carbons (Fsp3) is 0.471. The molecule has 0 radical (unpaired) electrons. The van der Waals surface area contributed by atoms with Crippen molar-refractivity contribution in [3.63, 3.8) is 0 Å². The van der Waals surface area contributed by atoms with Gasteiger partial charge in [-0.25, -0.2) is 0 Å². The first kappa shape index (κ1) is 14.3. The quantitative estimate of drug-likeness (QED) is 0.769. The van der Waals surface area contributed by atoms with Crippen molar-refractivity contribution in [2.75, 3.05) is 19.7 Å². The van der Waals surface area contributed by atoms with Crippen LogP contribution >= 0.6 is 0 Å². The molecule has 1 fully saturated rings. The van der Waals surface area contributed by atoms with Crippen LogP contribution in [-0.4, -0.2) is 46.5 Å². The van der Waals surface area contributed by atoms with Crippen LogP contribution in [0.25, 0.3) is 10.9 Å². The van der Waals surface area contributed by atoms with Crippen molar-refractivity contribution >= 4 is 16.7 Å². The Hall–Kier alpha value is -1.65. The molecule has 3 rings (SSSR count). The second-order valence-electron chi connectivity index (χ2n) is 5.80. The maximum Gasteiger partial charge on any atom is 0.178 e. The third-order valence-corrected chi connectivity index (χ3v) is 4.43. The van der Waals surface area contributed by atoms with Crippen molar-refractivity contribution in [3.8, 4) is 0 Å². The van der Waals surface area contributed by atoms with Gasteiger partial charge in [-0.05, 0) is 25.3 Å². The van der Waals surface area contributed by atoms with Gasteiger partial charge in [-0.2, -0.15) is 0 Å². The smallest absolute Gasteiger partial charge is 0.178 e. The van der Waals surface area contributed by atoms with Crippen LogP contribution in [0.5, 0.6) is 0 Å². The molecule has 4 heteroatoms. The summed E-state index contributed by atoms with van der Waals surface area (Å²) in [5.74, 6) is 0.164. The van der Waals surface area contributed by atoms with Gasteiger partial charge in [0.1, 0.15) is 0 Å². The summed E-state index contributed by atoms with van der Waals surface area (Å²) in [7, 11) is 0. The number of carbonyl (C=O) groups excluding carboxylic acids is 1. The largest absolute Gasteiger partial charge is 0.396 e. The molecule has 1 aliphatic carbocycles. The van der Waals surface area contributed by atoms with E-state index >= 15 is 0 Å². The molecule has 112 valence electrons. The van der Waals surface area contributed by atoms with E-state index in [1.165, 1.54) is 19.3 Å². The number of aliphatic hydroxyl groups excluding tert-OH is 1. The van der Waals surface area contributed by atoms with Gasteiger partial charge < -0.3 is 10.1 Å². The van der Waals surface area contributed by atoms with E-state index in [1.54, 1.807) is 0 Å². The lowest BCUT2D eigenvalue weighted by Gasteiger charge is -2.37. The molecule has 0 spiro atoms. The summed E-state index contributed by atoms with van der Waals surface area (Å²) in [5.41, 5.74) is 1.78. The first-order chi connectivity index (χ1) is 10.3. The molecule has 0 unspecified atom stereocenters. The molecule has 0 atom stereocenters. The minimum Gasteiger partial charge on any atom is -0.396 e. The Morgan fingerprint density at radius 1 is 1.33 bits per heavy atom. The third-order valence-electron chi connectivity index (χ3n) is 4.43. The number of nitrogens with one attached hydrogen (secondary N) is 1. The summed E-state index contributed by atoms with van der Waals surface area (Å²) >= 11 is 0. The molecule has 2 N–H and O–H groups in total. The first-order valence-electron chi connectivity index (χ1n) is 7.74. The minimum absolute atomic E-state index is 0.164. The van der Waals surface area contributed by atoms with Gasteiger partial charge in [0.05, 0.1) is 6.54 Å². The van der Waals surface area contributed by atoms with E-state index in [-0.39, 0.29) is 12.4 Å². The summed E-state index contributed by atoms with van der Waals surface area (Å²) < 4.78 is 0. The average molecular weight is 286 g/mol. The molecule has 0 saturated heterocycles. The fourth-order valence-corrected chi connectivity index (χ4v) is 2.99. The molecule has 4 nitrogen and oxygen atoms in total. The second-order valence-corrected chi connectivity index (χ2v) is 5.80. The third kappa shape index (κ3) is 3.01. The van der Waals surface area contributed by atoms with Crippen LogP contribution in [0, 0.1) is 0 Å². The van der Waals surface area contributed by atoms with Crippen LogP contribution in [0.15, 0.2) is 30.5 Å². The van der Waals surface area contributed by atoms with E-state index in [2.05, 4.69) is 9.88 Å². The van der Waals surface area contributed by atoms with Gasteiger partial charge >= 0.3 is 0 Å². The minimum atomic E-state index is 0.164. The van der Waals surface area contributed by atoms with Gasteiger partial charge in [-0.15, -0.1) is 0 Å². The SMILES string of the molecule is O=C(CN(CCCO)C1CCC1)c1c[nH]c2ccccc12. The molecule has 0 amide bonds. The summed E-state index contributed by atoms with van der Waals surface area (Å²) in [6.07, 6.45) is 6.15. The zero-order valence-electron chi connectivity index (χ0n) is 12.2. The normalized spacial score (nSPS) is 15.5. The van der Waals surface area contributed by atoms with Crippen molar-refractivity contribution in [1.29, 1.82) is 0 Å². The average Bonchev–Trinajstić information content (AvgIpc) is 2.86. The van der Waals surface area contributed by atoms with E-state index < -0.39 is 0 Å². The number of hydrogen-bond donors (Lipinski definition) is 2. The van der Waals surface area contributed by atoms with Gasteiger partial charge in [0, 0.05) is 41.9 Å². The molecule has 0 aliphatic heterocycles. The predicted octanol–water partition coefficient (Wildman–Crippen LogP) is 2.59. The molecule has 1 aliphatic rings. The number of carbonyl (C=O) groups is 1. The van der Waals surface area contributed by atoms with Gasteiger partial charge in [-0.1, -0.05) is 24.6 Å². The Bertz CT molecular complexity index is 616. The van der Waals surface area contributed by atoms with E-state index in [4.69, 9.17) is 5.11 Å². The van der Waals surface area contributed by atoms with Crippen LogP contribution in [0.3, 0.4) is 0 Å². The summed E-state index contributed by atoms with van der Waals surface area (Å²) in [6.45, 7) is 1.44. The molecular weight excluding hydrogens is 264 g/mol. The van der Waals surface area contributed by atoms with E-state index in [9.17, 15) is 4.79 Å². The monoisotopic (exact) mass is 286 g/mol. The number of para-hydroxylation sites is 1. The number of aromatic nitrogens is 1. The number of benzene rings is 1. The molecule has 21 heavy (non-hydrogen) atoms. The van der Waals surface area contributed by atoms with Crippen molar-refractivity contribution < 1.29 is 9.90 Å². The Morgan fingerprint density at radius 2 is 2.14 bits per heavy atom. The topological polar surface area (TPSA) is 56.3 Å². The number of aromatic amines is 1. The first-order valence-corrected chi connectivity index (χ1v) is 7.74. The number of fused-ring (bicyclic) bond motifs is 1. The van der Waals surface area contributed by atoms with Crippen LogP contribution in [0.4, 0.5) is 0 Å². The van der Waals surface area contributed by atoms with Crippen LogP contribution in [0.1, 0.15) is 36.0 Å². The molecule has 1 saturated carbocycles. The Balaban J connectivity index is 1.74. The second kappa shape index (κ2) is 6.41. The van der Waals surface area contributed by atoms with Crippen LogP contribution in [0.2, 0.25) is 0 Å². The maximum absolute atomic E-state index is 12.6. The molecule has 2 aromatic rings. The summed E-state index contributed by atoms with van der Waals surface area (Å²) in [4.78, 5) is 18.0. The van der Waals surface area contributed by atoms with Crippen molar-refractivity contribution in [2.24, 2.45) is 0 Å². The summed E-state index contributed by atoms with van der Waals surface area (Å²) in [5, 5.41) is 10.0. The number of aliphatic hydroxyl groups is 1. The number of H-pyrrole nitrogens is 1. The van der Waals surface area contributed by atoms with Gasteiger partial charge in [0.25, 0.3) is 0 Å². The number of ketones is 1. The molecule has 1 aromatic heterocycles. The van der Waals surface area contributed by atoms with Crippen LogP contribution < -0.4 is 0 Å². The zero-order valence-corrected chi connectivity index (χ0v) is 12.2. The molecule has 1 aromatic carbocycles. The zero-order chi connectivity index (χ0) is 14.7. The standard InChI is InChI=1S/C17H22N2O2/c20-10-4-9-19(13-5-3-6-13)12-17(21)15-11-18-16-8-2-1-7-14(15)16/h1-2,7-8,11,13,18,20H,3-6,9-10,12H2. The van der Waals surface area contributed by atoms with E-state index in [1.807, 2.05) is 30.5 Å². The lowest BCUT2D eigenvalue weighted by Crippen LogP contribution is -2.43. The number of rotatable bonds is 7. The fourth-order valence-electron chi connectivity index (χ4n) is 2.99. The molecular formula is C17H22N2O2. The number of nitrogens with zero attached hydrogens (tertiary/aromatic N) is 1. The number of Topliss-reactive ketones (excluding diaryl/α,β-unsaturated/α-hetero) is 1. The van der Waals surface area contributed by atoms with E-state index in [0.29, 0.717) is 12.6 Å². The lowest BCUT2D eigenvalue weighted by molar-refractivity contribution is 0.0789. The van der Waals surface area contributed by atoms with Crippen LogP contribution in [-0.2, 0) is 0 Å². The highest BCUT2D eigenvalue weighted by molar-refractivity contribution is 6.08. The predicted molar refractivity (Wildman–Crippen MR) is 83.5 cm³/mol. The highest BCUT2D eigenvalue weighted by Crippen LogP contribution is 2.26. The maximum atomic E-state index is 12.6. The highest BCUT2D eigenvalue weighted by atomic mass is 16.3. The molecule has 0 bridgehead atoms.